The van der Waals surface area contributed by atoms with E-state index >= 15 is 0 Å². The molecule has 0 amide bonds. The molecule has 1 aromatic carbocycles. The van der Waals surface area contributed by atoms with Gasteiger partial charge in [-0.25, -0.2) is 0 Å². The quantitative estimate of drug-likeness (QED) is 0.855. The number of nitrogens with one attached hydrogen (secondary N) is 1. The molecule has 3 rings (SSSR count). The minimum atomic E-state index is 0.249. The van der Waals surface area contributed by atoms with Crippen LogP contribution in [0.3, 0.4) is 0 Å². The van der Waals surface area contributed by atoms with Crippen molar-refractivity contribution in [2.45, 2.75) is 18.9 Å². The lowest BCUT2D eigenvalue weighted by Crippen LogP contribution is -2.37. The number of benzene rings is 1. The molecular formula is C13H17N3O. The first-order valence-corrected chi connectivity index (χ1v) is 6.13. The van der Waals surface area contributed by atoms with Gasteiger partial charge in [0.15, 0.2) is 0 Å². The third-order valence-corrected chi connectivity index (χ3v) is 3.27. The van der Waals surface area contributed by atoms with Gasteiger partial charge in [0.25, 0.3) is 6.01 Å². The number of aromatic nitrogens is 2. The van der Waals surface area contributed by atoms with Crippen LogP contribution in [0, 0.1) is 0 Å². The molecule has 4 nitrogen and oxygen atoms in total. The third kappa shape index (κ3) is 2.00. The number of hydrogen-bond acceptors (Lipinski definition) is 3. The first-order chi connectivity index (χ1) is 8.34. The van der Waals surface area contributed by atoms with E-state index < -0.39 is 0 Å². The second kappa shape index (κ2) is 4.37. The van der Waals surface area contributed by atoms with E-state index in [1.54, 1.807) is 0 Å². The van der Waals surface area contributed by atoms with Crippen molar-refractivity contribution >= 4 is 11.0 Å². The van der Waals surface area contributed by atoms with E-state index in [1.165, 1.54) is 6.42 Å². The van der Waals surface area contributed by atoms with Crippen molar-refractivity contribution in [3.8, 4) is 6.01 Å². The van der Waals surface area contributed by atoms with Gasteiger partial charge < -0.3 is 10.1 Å². The molecule has 0 saturated carbocycles. The number of piperidine rings is 1. The Kier molecular flexibility index (Phi) is 2.73. The lowest BCUT2D eigenvalue weighted by Gasteiger charge is -2.23. The van der Waals surface area contributed by atoms with Gasteiger partial charge in [-0.3, -0.25) is 4.57 Å². The number of hydrogen-bond donors (Lipinski definition) is 1. The van der Waals surface area contributed by atoms with Gasteiger partial charge in [0.1, 0.15) is 6.10 Å². The second-order valence-corrected chi connectivity index (χ2v) is 4.53. The number of nitrogens with zero attached hydrogens (tertiary/aromatic N) is 2. The molecule has 2 aromatic rings. The molecule has 4 heteroatoms. The SMILES string of the molecule is Cn1c(OC2CCCNC2)nc2ccccc21. The van der Waals surface area contributed by atoms with Gasteiger partial charge in [-0.1, -0.05) is 12.1 Å². The van der Waals surface area contributed by atoms with Gasteiger partial charge in [-0.05, 0) is 31.5 Å². The van der Waals surface area contributed by atoms with Crippen molar-refractivity contribution in [1.29, 1.82) is 0 Å². The molecule has 1 atom stereocenters. The molecule has 1 N–H and O–H groups in total. The first kappa shape index (κ1) is 10.6. The fourth-order valence-corrected chi connectivity index (χ4v) is 2.30. The number of fused-ring (bicyclic) bond motifs is 1. The molecule has 1 saturated heterocycles. The van der Waals surface area contributed by atoms with E-state index in [-0.39, 0.29) is 6.10 Å². The fourth-order valence-electron chi connectivity index (χ4n) is 2.30. The lowest BCUT2D eigenvalue weighted by atomic mass is 10.1. The average Bonchev–Trinajstić information content (AvgIpc) is 2.68. The zero-order valence-electron chi connectivity index (χ0n) is 10.0. The molecule has 0 bridgehead atoms. The van der Waals surface area contributed by atoms with Crippen LogP contribution in [0.2, 0.25) is 0 Å². The van der Waals surface area contributed by atoms with E-state index in [0.29, 0.717) is 0 Å². The average molecular weight is 231 g/mol. The maximum Gasteiger partial charge on any atom is 0.297 e. The minimum Gasteiger partial charge on any atom is -0.460 e. The summed E-state index contributed by atoms with van der Waals surface area (Å²) in [5.74, 6) is 0. The van der Waals surface area contributed by atoms with Crippen molar-refractivity contribution in [2.75, 3.05) is 13.1 Å². The maximum atomic E-state index is 5.96. The monoisotopic (exact) mass is 231 g/mol. The van der Waals surface area contributed by atoms with Crippen LogP contribution in [-0.2, 0) is 7.05 Å². The summed E-state index contributed by atoms with van der Waals surface area (Å²) in [6, 6.07) is 8.83. The van der Waals surface area contributed by atoms with Crippen LogP contribution in [0.1, 0.15) is 12.8 Å². The standard InChI is InChI=1S/C13H17N3O/c1-16-12-7-3-2-6-11(12)15-13(16)17-10-5-4-8-14-9-10/h2-3,6-7,10,14H,4-5,8-9H2,1H3. The molecule has 1 aromatic heterocycles. The van der Waals surface area contributed by atoms with Gasteiger partial charge in [-0.15, -0.1) is 0 Å². The highest BCUT2D eigenvalue weighted by molar-refractivity contribution is 5.76. The van der Waals surface area contributed by atoms with Gasteiger partial charge in [0.05, 0.1) is 11.0 Å². The highest BCUT2D eigenvalue weighted by Crippen LogP contribution is 2.21. The van der Waals surface area contributed by atoms with E-state index in [2.05, 4.69) is 16.4 Å². The molecule has 1 aliphatic heterocycles. The summed E-state index contributed by atoms with van der Waals surface area (Å²) in [5, 5.41) is 3.35. The predicted octanol–water partition coefficient (Wildman–Crippen LogP) is 1.70. The molecule has 1 unspecified atom stereocenters. The van der Waals surface area contributed by atoms with E-state index in [9.17, 15) is 0 Å². The molecule has 1 fully saturated rings. The Labute approximate surface area is 101 Å². The van der Waals surface area contributed by atoms with Gasteiger partial charge in [0.2, 0.25) is 0 Å². The van der Waals surface area contributed by atoms with Crippen LogP contribution in [0.5, 0.6) is 6.01 Å². The minimum absolute atomic E-state index is 0.249. The zero-order chi connectivity index (χ0) is 11.7. The molecular weight excluding hydrogens is 214 g/mol. The first-order valence-electron chi connectivity index (χ1n) is 6.13. The normalized spacial score (nSPS) is 20.6. The van der Waals surface area contributed by atoms with Crippen LogP contribution >= 0.6 is 0 Å². The van der Waals surface area contributed by atoms with Crippen LogP contribution in [-0.4, -0.2) is 28.7 Å². The maximum absolute atomic E-state index is 5.96. The smallest absolute Gasteiger partial charge is 0.297 e. The van der Waals surface area contributed by atoms with Crippen molar-refractivity contribution in [3.05, 3.63) is 24.3 Å². The summed E-state index contributed by atoms with van der Waals surface area (Å²) in [7, 11) is 2.00. The number of rotatable bonds is 2. The highest BCUT2D eigenvalue weighted by atomic mass is 16.5. The van der Waals surface area contributed by atoms with Crippen molar-refractivity contribution in [1.82, 2.24) is 14.9 Å². The van der Waals surface area contributed by atoms with Crippen LogP contribution < -0.4 is 10.1 Å². The Morgan fingerprint density at radius 1 is 1.41 bits per heavy atom. The molecule has 0 radical (unpaired) electrons. The fraction of sp³-hybridized carbons (Fsp3) is 0.462. The summed E-state index contributed by atoms with van der Waals surface area (Å²) in [4.78, 5) is 4.52. The Hall–Kier alpha value is -1.55. The Balaban J connectivity index is 1.87. The predicted molar refractivity (Wildman–Crippen MR) is 67.2 cm³/mol. The third-order valence-electron chi connectivity index (χ3n) is 3.27. The summed E-state index contributed by atoms with van der Waals surface area (Å²) >= 11 is 0. The Morgan fingerprint density at radius 3 is 3.06 bits per heavy atom. The summed E-state index contributed by atoms with van der Waals surface area (Å²) in [6.45, 7) is 2.02. The number of aryl methyl sites for hydroxylation is 1. The van der Waals surface area contributed by atoms with E-state index in [0.717, 1.165) is 36.6 Å². The number of imidazole rings is 1. The van der Waals surface area contributed by atoms with E-state index in [1.807, 2.05) is 29.8 Å². The van der Waals surface area contributed by atoms with Crippen molar-refractivity contribution in [2.24, 2.45) is 7.05 Å². The van der Waals surface area contributed by atoms with E-state index in [4.69, 9.17) is 4.74 Å². The summed E-state index contributed by atoms with van der Waals surface area (Å²) in [5.41, 5.74) is 2.11. The molecule has 0 spiro atoms. The van der Waals surface area contributed by atoms with Gasteiger partial charge >= 0.3 is 0 Å². The number of para-hydroxylation sites is 2. The van der Waals surface area contributed by atoms with Crippen molar-refractivity contribution < 1.29 is 4.74 Å². The lowest BCUT2D eigenvalue weighted by molar-refractivity contribution is 0.149. The highest BCUT2D eigenvalue weighted by Gasteiger charge is 2.17. The van der Waals surface area contributed by atoms with Crippen LogP contribution in [0.4, 0.5) is 0 Å². The van der Waals surface area contributed by atoms with Gasteiger partial charge in [0, 0.05) is 13.6 Å². The Bertz CT molecular complexity index is 514. The number of ether oxygens (including phenoxy) is 1. The topological polar surface area (TPSA) is 39.1 Å². The van der Waals surface area contributed by atoms with Crippen LogP contribution in [0.15, 0.2) is 24.3 Å². The Morgan fingerprint density at radius 2 is 2.29 bits per heavy atom. The molecule has 0 aliphatic carbocycles. The van der Waals surface area contributed by atoms with Crippen LogP contribution in [0.25, 0.3) is 11.0 Å². The molecule has 90 valence electrons. The molecule has 1 aliphatic rings. The zero-order valence-corrected chi connectivity index (χ0v) is 10.0. The van der Waals surface area contributed by atoms with Crippen molar-refractivity contribution in [3.63, 3.8) is 0 Å². The second-order valence-electron chi connectivity index (χ2n) is 4.53. The summed E-state index contributed by atoms with van der Waals surface area (Å²) < 4.78 is 7.98. The largest absolute Gasteiger partial charge is 0.460 e. The van der Waals surface area contributed by atoms with Gasteiger partial charge in [-0.2, -0.15) is 4.98 Å². The summed E-state index contributed by atoms with van der Waals surface area (Å²) in [6.07, 6.45) is 2.53. The molecule has 2 heterocycles. The molecule has 17 heavy (non-hydrogen) atoms.